The summed E-state index contributed by atoms with van der Waals surface area (Å²) in [5.74, 6) is 0.706. The van der Waals surface area contributed by atoms with Gasteiger partial charge in [0, 0.05) is 0 Å². The van der Waals surface area contributed by atoms with Gasteiger partial charge >= 0.3 is 0 Å². The van der Waals surface area contributed by atoms with E-state index in [2.05, 4.69) is 24.1 Å². The second-order valence-corrected chi connectivity index (χ2v) is 7.49. The van der Waals surface area contributed by atoms with Crippen molar-refractivity contribution in [2.75, 3.05) is 7.11 Å². The Hall–Kier alpha value is -0.0200. The first kappa shape index (κ1) is 10.1. The highest BCUT2D eigenvalue weighted by atomic mass is 32.9. The van der Waals surface area contributed by atoms with Crippen molar-refractivity contribution in [3.05, 3.63) is 24.3 Å². The molecule has 0 aliphatic carbocycles. The van der Waals surface area contributed by atoms with Crippen molar-refractivity contribution in [3.63, 3.8) is 0 Å². The molecule has 0 spiro atoms. The van der Waals surface area contributed by atoms with Crippen LogP contribution in [0.4, 0.5) is 0 Å². The molecule has 0 radical (unpaired) electrons. The van der Waals surface area contributed by atoms with E-state index in [9.17, 15) is 4.89 Å². The molecule has 0 aliphatic heterocycles. The van der Waals surface area contributed by atoms with Crippen LogP contribution in [-0.2, 0) is 24.1 Å². The Morgan fingerprint density at radius 3 is 2.25 bits per heavy atom. The summed E-state index contributed by atoms with van der Waals surface area (Å²) in [6.45, 7) is 0. The van der Waals surface area contributed by atoms with E-state index in [1.807, 2.05) is 0 Å². The van der Waals surface area contributed by atoms with Crippen LogP contribution < -0.4 is 14.9 Å². The highest BCUT2D eigenvalue weighted by Crippen LogP contribution is 2.31. The Morgan fingerprint density at radius 1 is 1.42 bits per heavy atom. The minimum absolute atomic E-state index is 0.522. The Morgan fingerprint density at radius 2 is 1.92 bits per heavy atom. The molecule has 0 saturated carbocycles. The van der Waals surface area contributed by atoms with Crippen molar-refractivity contribution < 1.29 is 9.63 Å². The largest absolute Gasteiger partial charge is 0.835 e. The van der Waals surface area contributed by atoms with E-state index in [-0.39, 0.29) is 0 Å². The van der Waals surface area contributed by atoms with Crippen LogP contribution in [-0.4, -0.2) is 7.11 Å². The molecule has 0 amide bonds. The van der Waals surface area contributed by atoms with E-state index in [1.165, 1.54) is 0 Å². The van der Waals surface area contributed by atoms with Gasteiger partial charge in [-0.05, 0) is 12.1 Å². The van der Waals surface area contributed by atoms with Crippen LogP contribution in [0, 0.1) is 0 Å². The highest BCUT2D eigenvalue weighted by Gasteiger charge is 1.92. The third-order valence-corrected chi connectivity index (χ3v) is 3.58. The van der Waals surface area contributed by atoms with Gasteiger partial charge in [-0.2, -0.15) is 0 Å². The Balaban J connectivity index is 3.01. The first-order valence-electron chi connectivity index (χ1n) is 3.21. The molecule has 1 atom stereocenters. The molecule has 1 aromatic rings. The molecule has 0 aromatic heterocycles. The molecule has 0 saturated heterocycles. The van der Waals surface area contributed by atoms with E-state index in [1.54, 1.807) is 31.4 Å². The molecule has 12 heavy (non-hydrogen) atoms. The van der Waals surface area contributed by atoms with Crippen molar-refractivity contribution in [1.29, 1.82) is 0 Å². The van der Waals surface area contributed by atoms with Crippen LogP contribution in [0.1, 0.15) is 0 Å². The number of hydrogen-bond donors (Lipinski definition) is 0. The van der Waals surface area contributed by atoms with Gasteiger partial charge in [-0.25, -0.2) is 5.47 Å². The molecule has 2 nitrogen and oxygen atoms in total. The Bertz CT molecular complexity index is 304. The Labute approximate surface area is 81.8 Å². The van der Waals surface area contributed by atoms with Gasteiger partial charge in [-0.15, -0.1) is 11.8 Å². The van der Waals surface area contributed by atoms with Crippen molar-refractivity contribution in [1.82, 2.24) is 0 Å². The van der Waals surface area contributed by atoms with Crippen LogP contribution >= 0.6 is 5.47 Å². The van der Waals surface area contributed by atoms with Crippen LogP contribution in [0.25, 0.3) is 0 Å². The Kier molecular flexibility index (Phi) is 3.18. The maximum absolute atomic E-state index is 11.2. The second-order valence-electron chi connectivity index (χ2n) is 2.20. The third-order valence-electron chi connectivity index (χ3n) is 1.39. The van der Waals surface area contributed by atoms with Crippen molar-refractivity contribution in [2.24, 2.45) is 0 Å². The standard InChI is InChI=1S/C7H9O2PS2/c1-9-6-2-4-7(5-3-6)10(8,11)12/h2-5H,1H3,(H2,8,11,12)/p-2. The monoisotopic (exact) mass is 218 g/mol. The molecule has 66 valence electrons. The first-order valence-corrected chi connectivity index (χ1v) is 6.94. The van der Waals surface area contributed by atoms with E-state index in [4.69, 9.17) is 4.74 Å². The molecule has 1 aromatic carbocycles. The number of benzene rings is 1. The van der Waals surface area contributed by atoms with Gasteiger partial charge < -0.3 is 21.9 Å². The normalized spacial score (nSPS) is 15.2. The predicted molar refractivity (Wildman–Crippen MR) is 54.3 cm³/mol. The topological polar surface area (TPSA) is 32.3 Å². The van der Waals surface area contributed by atoms with Gasteiger partial charge in [-0.3, -0.25) is 0 Å². The smallest absolute Gasteiger partial charge is 0.118 e. The molecule has 1 rings (SSSR count). The molecule has 0 aliphatic rings. The summed E-state index contributed by atoms with van der Waals surface area (Å²) >= 11 is 9.32. The molecule has 0 bridgehead atoms. The fourth-order valence-electron chi connectivity index (χ4n) is 0.765. The molecule has 0 heterocycles. The van der Waals surface area contributed by atoms with Gasteiger partial charge in [0.15, 0.2) is 0 Å². The number of hydrogen-bond acceptors (Lipinski definition) is 4. The lowest BCUT2D eigenvalue weighted by Crippen LogP contribution is -2.11. The lowest BCUT2D eigenvalue weighted by molar-refractivity contribution is -0.151. The maximum atomic E-state index is 11.2. The van der Waals surface area contributed by atoms with E-state index < -0.39 is 5.47 Å². The number of rotatable bonds is 2. The van der Waals surface area contributed by atoms with E-state index in [0.29, 0.717) is 11.1 Å². The fourth-order valence-corrected chi connectivity index (χ4v) is 2.01. The van der Waals surface area contributed by atoms with Crippen molar-refractivity contribution in [3.8, 4) is 5.75 Å². The minimum atomic E-state index is -2.94. The summed E-state index contributed by atoms with van der Waals surface area (Å²) in [4.78, 5) is 11.2. The molecular formula is C7H7O2PS2-2. The van der Waals surface area contributed by atoms with Gasteiger partial charge in [0.05, 0.1) is 7.11 Å². The molecule has 5 heteroatoms. The molecule has 0 fully saturated rings. The van der Waals surface area contributed by atoms with Gasteiger partial charge in [0.1, 0.15) is 5.75 Å². The second kappa shape index (κ2) is 3.79. The van der Waals surface area contributed by atoms with Gasteiger partial charge in [-0.1, -0.05) is 17.4 Å². The average molecular weight is 218 g/mol. The molecule has 0 N–H and O–H groups in total. The lowest BCUT2D eigenvalue weighted by Gasteiger charge is -2.36. The van der Waals surface area contributed by atoms with E-state index in [0.717, 1.165) is 0 Å². The first-order chi connectivity index (χ1) is 5.54. The zero-order valence-electron chi connectivity index (χ0n) is 6.39. The van der Waals surface area contributed by atoms with Crippen LogP contribution in [0.5, 0.6) is 5.75 Å². The zero-order chi connectivity index (χ0) is 9.19. The van der Waals surface area contributed by atoms with Gasteiger partial charge in [0.25, 0.3) is 0 Å². The molecular weight excluding hydrogens is 211 g/mol. The maximum Gasteiger partial charge on any atom is 0.118 e. The summed E-state index contributed by atoms with van der Waals surface area (Å²) in [5.41, 5.74) is -2.94. The summed E-state index contributed by atoms with van der Waals surface area (Å²) in [6.07, 6.45) is 0. The highest BCUT2D eigenvalue weighted by molar-refractivity contribution is 8.55. The SMILES string of the molecule is COc1ccc(P([O-])(=S)[S-])cc1. The summed E-state index contributed by atoms with van der Waals surface area (Å²) in [7, 11) is 1.57. The number of methoxy groups -OCH3 is 1. The summed E-state index contributed by atoms with van der Waals surface area (Å²) < 4.78 is 4.92. The van der Waals surface area contributed by atoms with Gasteiger partial charge in [0.2, 0.25) is 0 Å². The predicted octanol–water partition coefficient (Wildman–Crippen LogP) is 0.537. The van der Waals surface area contributed by atoms with Crippen molar-refractivity contribution >= 4 is 34.8 Å². The van der Waals surface area contributed by atoms with Crippen LogP contribution in [0.15, 0.2) is 24.3 Å². The molecule has 1 unspecified atom stereocenters. The quantitative estimate of drug-likeness (QED) is 0.535. The third kappa shape index (κ3) is 2.49. The summed E-state index contributed by atoms with van der Waals surface area (Å²) in [5, 5.41) is 0.522. The fraction of sp³-hybridized carbons (Fsp3) is 0.143. The minimum Gasteiger partial charge on any atom is -0.835 e. The summed E-state index contributed by atoms with van der Waals surface area (Å²) in [6, 6.07) is 6.67. The zero-order valence-corrected chi connectivity index (χ0v) is 8.92. The van der Waals surface area contributed by atoms with E-state index >= 15 is 0 Å². The van der Waals surface area contributed by atoms with Crippen LogP contribution in [0.2, 0.25) is 0 Å². The average Bonchev–Trinajstić information content (AvgIpc) is 2.03. The van der Waals surface area contributed by atoms with Crippen molar-refractivity contribution in [2.45, 2.75) is 0 Å². The number of ether oxygens (including phenoxy) is 1. The lowest BCUT2D eigenvalue weighted by atomic mass is 10.3. The van der Waals surface area contributed by atoms with Crippen LogP contribution in [0.3, 0.4) is 0 Å².